The summed E-state index contributed by atoms with van der Waals surface area (Å²) in [5, 5.41) is 14.2. The third-order valence-electron chi connectivity index (χ3n) is 4.87. The van der Waals surface area contributed by atoms with Gasteiger partial charge in [-0.1, -0.05) is 41.4 Å². The van der Waals surface area contributed by atoms with Crippen molar-refractivity contribution in [2.24, 2.45) is 5.10 Å². The molecule has 0 atom stereocenters. The Morgan fingerprint density at radius 2 is 2.06 bits per heavy atom. The molecule has 0 radical (unpaired) electrons. The Morgan fingerprint density at radius 3 is 2.87 bits per heavy atom. The standard InChI is InChI=1S/C24H19BrN4O2/c1-2-3-8-23-28-21-11-9-17(25)13-20(21)24(30)29(23)27-15-18-10-12-22(31-18)19-7-5-4-6-16(19)14-26/h4-7,9-13,15H,2-3,8H2,1H3. The summed E-state index contributed by atoms with van der Waals surface area (Å²) in [5.41, 5.74) is 1.67. The Bertz CT molecular complexity index is 1380. The van der Waals surface area contributed by atoms with Crippen molar-refractivity contribution in [2.75, 3.05) is 0 Å². The lowest BCUT2D eigenvalue weighted by Gasteiger charge is -2.09. The Morgan fingerprint density at radius 1 is 1.23 bits per heavy atom. The van der Waals surface area contributed by atoms with Crippen LogP contribution in [-0.2, 0) is 6.42 Å². The molecule has 0 bridgehead atoms. The first-order chi connectivity index (χ1) is 15.1. The molecular formula is C24H19BrN4O2. The van der Waals surface area contributed by atoms with E-state index in [0.717, 1.165) is 17.3 Å². The molecule has 2 aromatic carbocycles. The van der Waals surface area contributed by atoms with Gasteiger partial charge in [-0.3, -0.25) is 4.79 Å². The Balaban J connectivity index is 1.74. The van der Waals surface area contributed by atoms with E-state index in [-0.39, 0.29) is 5.56 Å². The first-order valence-corrected chi connectivity index (χ1v) is 10.7. The fraction of sp³-hybridized carbons (Fsp3) is 0.167. The van der Waals surface area contributed by atoms with Gasteiger partial charge in [0.15, 0.2) is 0 Å². The lowest BCUT2D eigenvalue weighted by molar-refractivity contribution is 0.573. The van der Waals surface area contributed by atoms with Crippen LogP contribution in [0, 0.1) is 11.3 Å². The number of aromatic nitrogens is 2. The molecule has 0 amide bonds. The van der Waals surface area contributed by atoms with Gasteiger partial charge in [0.25, 0.3) is 5.56 Å². The Hall–Kier alpha value is -3.50. The van der Waals surface area contributed by atoms with Gasteiger partial charge < -0.3 is 4.42 Å². The molecule has 0 unspecified atom stereocenters. The molecule has 0 aliphatic heterocycles. The van der Waals surface area contributed by atoms with Crippen LogP contribution in [0.5, 0.6) is 0 Å². The van der Waals surface area contributed by atoms with Crippen molar-refractivity contribution in [3.63, 3.8) is 0 Å². The van der Waals surface area contributed by atoms with Crippen LogP contribution < -0.4 is 5.56 Å². The molecule has 0 aliphatic carbocycles. The third-order valence-corrected chi connectivity index (χ3v) is 5.36. The average Bonchev–Trinajstić information content (AvgIpc) is 3.26. The van der Waals surface area contributed by atoms with Gasteiger partial charge in [-0.05, 0) is 48.9 Å². The minimum Gasteiger partial charge on any atom is -0.455 e. The summed E-state index contributed by atoms with van der Waals surface area (Å²) >= 11 is 3.41. The van der Waals surface area contributed by atoms with Crippen LogP contribution in [0.2, 0.25) is 0 Å². The number of nitrogens with zero attached hydrogens (tertiary/aromatic N) is 4. The van der Waals surface area contributed by atoms with E-state index in [2.05, 4.69) is 39.0 Å². The van der Waals surface area contributed by atoms with Crippen molar-refractivity contribution in [2.45, 2.75) is 26.2 Å². The predicted octanol–water partition coefficient (Wildman–Crippen LogP) is 5.52. The van der Waals surface area contributed by atoms with Crippen LogP contribution in [0.1, 0.15) is 36.9 Å². The SMILES string of the molecule is CCCCc1nc2ccc(Br)cc2c(=O)n1N=Cc1ccc(-c2ccccc2C#N)o1. The zero-order valence-corrected chi connectivity index (χ0v) is 18.5. The van der Waals surface area contributed by atoms with Crippen molar-refractivity contribution >= 4 is 33.0 Å². The van der Waals surface area contributed by atoms with E-state index in [4.69, 9.17) is 4.42 Å². The molecule has 6 nitrogen and oxygen atoms in total. The van der Waals surface area contributed by atoms with E-state index in [1.165, 1.54) is 10.9 Å². The highest BCUT2D eigenvalue weighted by Crippen LogP contribution is 2.25. The summed E-state index contributed by atoms with van der Waals surface area (Å²) in [6, 6.07) is 18.4. The molecule has 0 saturated carbocycles. The summed E-state index contributed by atoms with van der Waals surface area (Å²) in [7, 11) is 0. The maximum Gasteiger partial charge on any atom is 0.282 e. The van der Waals surface area contributed by atoms with Gasteiger partial charge in [0.05, 0.1) is 28.8 Å². The van der Waals surface area contributed by atoms with Gasteiger partial charge in [0.1, 0.15) is 17.3 Å². The first-order valence-electron chi connectivity index (χ1n) is 9.95. The maximum absolute atomic E-state index is 13.1. The van der Waals surface area contributed by atoms with Crippen molar-refractivity contribution in [3.8, 4) is 17.4 Å². The van der Waals surface area contributed by atoms with Gasteiger partial charge in [-0.2, -0.15) is 15.0 Å². The molecule has 154 valence electrons. The second kappa shape index (κ2) is 9.11. The Kier molecular flexibility index (Phi) is 6.10. The molecule has 31 heavy (non-hydrogen) atoms. The molecule has 0 aliphatic rings. The number of halogens is 1. The number of fused-ring (bicyclic) bond motifs is 1. The van der Waals surface area contributed by atoms with Gasteiger partial charge in [-0.15, -0.1) is 0 Å². The lowest BCUT2D eigenvalue weighted by Crippen LogP contribution is -2.22. The fourth-order valence-electron chi connectivity index (χ4n) is 3.29. The number of furan rings is 1. The third kappa shape index (κ3) is 4.35. The molecule has 2 aromatic heterocycles. The van der Waals surface area contributed by atoms with Crippen molar-refractivity contribution in [1.29, 1.82) is 5.26 Å². The highest BCUT2D eigenvalue weighted by molar-refractivity contribution is 9.10. The van der Waals surface area contributed by atoms with Crippen LogP contribution in [-0.4, -0.2) is 15.9 Å². The van der Waals surface area contributed by atoms with Crippen LogP contribution in [0.3, 0.4) is 0 Å². The number of unbranched alkanes of at least 4 members (excludes halogenated alkanes) is 1. The first kappa shape index (κ1) is 20.8. The van der Waals surface area contributed by atoms with Crippen LogP contribution in [0.15, 0.2) is 73.4 Å². The molecule has 0 fully saturated rings. The van der Waals surface area contributed by atoms with Crippen molar-refractivity contribution < 1.29 is 4.42 Å². The van der Waals surface area contributed by atoms with Crippen LogP contribution in [0.25, 0.3) is 22.2 Å². The molecule has 4 aromatic rings. The second-order valence-electron chi connectivity index (χ2n) is 7.01. The van der Waals surface area contributed by atoms with Crippen LogP contribution in [0.4, 0.5) is 0 Å². The van der Waals surface area contributed by atoms with E-state index in [0.29, 0.717) is 45.8 Å². The normalized spacial score (nSPS) is 11.3. The molecule has 0 spiro atoms. The summed E-state index contributed by atoms with van der Waals surface area (Å²) in [5.74, 6) is 1.66. The summed E-state index contributed by atoms with van der Waals surface area (Å²) in [4.78, 5) is 17.8. The van der Waals surface area contributed by atoms with E-state index < -0.39 is 0 Å². The van der Waals surface area contributed by atoms with Gasteiger partial charge in [0.2, 0.25) is 0 Å². The zero-order valence-electron chi connectivity index (χ0n) is 16.9. The number of benzene rings is 2. The summed E-state index contributed by atoms with van der Waals surface area (Å²) in [6.45, 7) is 2.09. The van der Waals surface area contributed by atoms with Crippen molar-refractivity contribution in [3.05, 3.63) is 86.6 Å². The quantitative estimate of drug-likeness (QED) is 0.344. The average molecular weight is 475 g/mol. The van der Waals surface area contributed by atoms with E-state index >= 15 is 0 Å². The highest BCUT2D eigenvalue weighted by Gasteiger charge is 2.12. The molecule has 0 N–H and O–H groups in total. The molecular weight excluding hydrogens is 456 g/mol. The summed E-state index contributed by atoms with van der Waals surface area (Å²) < 4.78 is 8.01. The summed E-state index contributed by atoms with van der Waals surface area (Å²) in [6.07, 6.45) is 4.03. The smallest absolute Gasteiger partial charge is 0.282 e. The fourth-order valence-corrected chi connectivity index (χ4v) is 3.65. The maximum atomic E-state index is 13.1. The van der Waals surface area contributed by atoms with Crippen LogP contribution >= 0.6 is 15.9 Å². The number of aryl methyl sites for hydroxylation is 1. The van der Waals surface area contributed by atoms with Gasteiger partial charge >= 0.3 is 0 Å². The minimum atomic E-state index is -0.227. The monoisotopic (exact) mass is 474 g/mol. The van der Waals surface area contributed by atoms with Gasteiger partial charge in [-0.25, -0.2) is 4.98 Å². The minimum absolute atomic E-state index is 0.227. The lowest BCUT2D eigenvalue weighted by atomic mass is 10.1. The number of hydrogen-bond donors (Lipinski definition) is 0. The van der Waals surface area contributed by atoms with E-state index in [1.54, 1.807) is 24.3 Å². The van der Waals surface area contributed by atoms with E-state index in [1.807, 2.05) is 30.3 Å². The number of hydrogen-bond acceptors (Lipinski definition) is 5. The topological polar surface area (TPSA) is 84.2 Å². The largest absolute Gasteiger partial charge is 0.455 e. The highest BCUT2D eigenvalue weighted by atomic mass is 79.9. The Labute approximate surface area is 187 Å². The molecule has 2 heterocycles. The molecule has 4 rings (SSSR count). The molecule has 0 saturated heterocycles. The van der Waals surface area contributed by atoms with Gasteiger partial charge in [0, 0.05) is 16.5 Å². The zero-order chi connectivity index (χ0) is 21.8. The molecule has 7 heteroatoms. The van der Waals surface area contributed by atoms with E-state index in [9.17, 15) is 10.1 Å². The number of nitriles is 1. The predicted molar refractivity (Wildman–Crippen MR) is 124 cm³/mol. The van der Waals surface area contributed by atoms with Crippen molar-refractivity contribution in [1.82, 2.24) is 9.66 Å². The second-order valence-corrected chi connectivity index (χ2v) is 7.93. The number of rotatable bonds is 6.